The van der Waals surface area contributed by atoms with Gasteiger partial charge in [0.15, 0.2) is 0 Å². The van der Waals surface area contributed by atoms with E-state index >= 15 is 0 Å². The molecule has 0 aliphatic carbocycles. The summed E-state index contributed by atoms with van der Waals surface area (Å²) in [6, 6.07) is 11.2. The molecule has 11 nitrogen and oxygen atoms in total. The van der Waals surface area contributed by atoms with Crippen molar-refractivity contribution in [3.8, 4) is 0 Å². The van der Waals surface area contributed by atoms with Gasteiger partial charge in [-0.05, 0) is 37.1 Å². The lowest BCUT2D eigenvalue weighted by Crippen LogP contribution is -2.35. The second kappa shape index (κ2) is 10.1. The molecule has 0 atom stereocenters. The van der Waals surface area contributed by atoms with Gasteiger partial charge in [0, 0.05) is 36.3 Å². The zero-order valence-electron chi connectivity index (χ0n) is 16.9. The maximum absolute atomic E-state index is 12.5. The molecule has 2 N–H and O–H groups in total. The third kappa shape index (κ3) is 5.74. The standard InChI is InChI=1S/C20H21N5O6S/c26-19(23-22-13-15-4-3-5-17(12-15)25(28)29)14-21-20(27)16-6-8-18(9-7-16)32(30,31)24-10-1-2-11-24/h3-9,12-13H,1-2,10-11,14H2,(H,21,27)(H,23,26)/b22-13-. The quantitative estimate of drug-likeness (QED) is 0.344. The van der Waals surface area contributed by atoms with Crippen molar-refractivity contribution in [3.05, 3.63) is 69.8 Å². The fourth-order valence-corrected chi connectivity index (χ4v) is 4.57. The van der Waals surface area contributed by atoms with Gasteiger partial charge in [0.1, 0.15) is 0 Å². The van der Waals surface area contributed by atoms with Crippen LogP contribution >= 0.6 is 0 Å². The lowest BCUT2D eigenvalue weighted by molar-refractivity contribution is -0.384. The SMILES string of the molecule is O=C(CNC(=O)c1ccc(S(=O)(=O)N2CCCC2)cc1)N/N=C\c1cccc([N+](=O)[O-])c1. The second-order valence-electron chi connectivity index (χ2n) is 6.96. The fraction of sp³-hybridized carbons (Fsp3) is 0.250. The largest absolute Gasteiger partial charge is 0.343 e. The molecule has 2 amide bonds. The van der Waals surface area contributed by atoms with Crippen LogP contribution in [0.1, 0.15) is 28.8 Å². The number of nitrogens with one attached hydrogen (secondary N) is 2. The van der Waals surface area contributed by atoms with E-state index in [4.69, 9.17) is 0 Å². The van der Waals surface area contributed by atoms with Crippen LogP contribution in [0.3, 0.4) is 0 Å². The number of nitro groups is 1. The Kier molecular flexibility index (Phi) is 7.28. The van der Waals surface area contributed by atoms with Gasteiger partial charge in [0.2, 0.25) is 10.0 Å². The van der Waals surface area contributed by atoms with Crippen LogP contribution in [0.4, 0.5) is 5.69 Å². The van der Waals surface area contributed by atoms with Gasteiger partial charge in [-0.1, -0.05) is 12.1 Å². The number of sulfonamides is 1. The van der Waals surface area contributed by atoms with E-state index in [1.807, 2.05) is 0 Å². The first-order valence-corrected chi connectivity index (χ1v) is 11.2. The van der Waals surface area contributed by atoms with Gasteiger partial charge in [0.05, 0.1) is 22.6 Å². The number of carbonyl (C=O) groups is 2. The van der Waals surface area contributed by atoms with Crippen LogP contribution in [-0.4, -0.2) is 55.3 Å². The van der Waals surface area contributed by atoms with Gasteiger partial charge in [0.25, 0.3) is 17.5 Å². The minimum Gasteiger partial charge on any atom is -0.343 e. The molecular formula is C20H21N5O6S. The summed E-state index contributed by atoms with van der Waals surface area (Å²) >= 11 is 0. The maximum atomic E-state index is 12.5. The number of hydrogen-bond acceptors (Lipinski definition) is 7. The summed E-state index contributed by atoms with van der Waals surface area (Å²) < 4.78 is 26.4. The number of benzene rings is 2. The number of amides is 2. The number of nitro benzene ring substituents is 1. The second-order valence-corrected chi connectivity index (χ2v) is 8.90. The Balaban J connectivity index is 1.50. The fourth-order valence-electron chi connectivity index (χ4n) is 3.06. The summed E-state index contributed by atoms with van der Waals surface area (Å²) in [6.45, 7) is 0.617. The highest BCUT2D eigenvalue weighted by Crippen LogP contribution is 2.21. The summed E-state index contributed by atoms with van der Waals surface area (Å²) in [4.78, 5) is 34.4. The summed E-state index contributed by atoms with van der Waals surface area (Å²) in [7, 11) is -3.56. The molecule has 0 spiro atoms. The number of carbonyl (C=O) groups excluding carboxylic acids is 2. The van der Waals surface area contributed by atoms with Crippen molar-refractivity contribution in [3.63, 3.8) is 0 Å². The summed E-state index contributed by atoms with van der Waals surface area (Å²) in [6.07, 6.45) is 2.90. The molecule has 3 rings (SSSR count). The van der Waals surface area contributed by atoms with Crippen molar-refractivity contribution in [1.29, 1.82) is 0 Å². The highest BCUT2D eigenvalue weighted by atomic mass is 32.2. The molecule has 0 bridgehead atoms. The van der Waals surface area contributed by atoms with Crippen LogP contribution in [0.15, 0.2) is 58.5 Å². The number of non-ortho nitro benzene ring substituents is 1. The van der Waals surface area contributed by atoms with Crippen LogP contribution in [0.25, 0.3) is 0 Å². The van der Waals surface area contributed by atoms with Crippen LogP contribution in [0.2, 0.25) is 0 Å². The van der Waals surface area contributed by atoms with Crippen molar-refractivity contribution in [2.24, 2.45) is 5.10 Å². The van der Waals surface area contributed by atoms with Crippen molar-refractivity contribution in [2.45, 2.75) is 17.7 Å². The smallest absolute Gasteiger partial charge is 0.270 e. The van der Waals surface area contributed by atoms with Crippen molar-refractivity contribution >= 4 is 33.7 Å². The third-order valence-corrected chi connectivity index (χ3v) is 6.63. The first-order chi connectivity index (χ1) is 15.3. The molecule has 2 aromatic carbocycles. The number of hydrazone groups is 1. The normalized spacial score (nSPS) is 14.4. The zero-order chi connectivity index (χ0) is 23.1. The van der Waals surface area contributed by atoms with E-state index in [-0.39, 0.29) is 22.7 Å². The van der Waals surface area contributed by atoms with Gasteiger partial charge >= 0.3 is 0 Å². The highest BCUT2D eigenvalue weighted by molar-refractivity contribution is 7.89. The molecule has 0 saturated carbocycles. The highest BCUT2D eigenvalue weighted by Gasteiger charge is 2.27. The van der Waals surface area contributed by atoms with Crippen molar-refractivity contribution in [2.75, 3.05) is 19.6 Å². The third-order valence-electron chi connectivity index (χ3n) is 4.71. The molecule has 1 saturated heterocycles. The Labute approximate surface area is 184 Å². The van der Waals surface area contributed by atoms with E-state index in [0.717, 1.165) is 12.8 Å². The predicted octanol–water partition coefficient (Wildman–Crippen LogP) is 1.26. The van der Waals surface area contributed by atoms with Gasteiger partial charge in [-0.3, -0.25) is 19.7 Å². The Hall–Kier alpha value is -3.64. The first-order valence-electron chi connectivity index (χ1n) is 9.72. The molecule has 1 aliphatic heterocycles. The predicted molar refractivity (Wildman–Crippen MR) is 116 cm³/mol. The number of nitrogens with zero attached hydrogens (tertiary/aromatic N) is 3. The van der Waals surface area contributed by atoms with E-state index in [2.05, 4.69) is 15.8 Å². The average molecular weight is 459 g/mol. The lowest BCUT2D eigenvalue weighted by atomic mass is 10.2. The topological polar surface area (TPSA) is 151 Å². The first kappa shape index (κ1) is 23.0. The Morgan fingerprint density at radius 2 is 1.81 bits per heavy atom. The van der Waals surface area contributed by atoms with Crippen LogP contribution in [-0.2, 0) is 14.8 Å². The molecule has 1 fully saturated rings. The molecule has 1 heterocycles. The molecule has 0 radical (unpaired) electrons. The molecular weight excluding hydrogens is 438 g/mol. The summed E-state index contributed by atoms with van der Waals surface area (Å²) in [5, 5.41) is 16.9. The van der Waals surface area contributed by atoms with Gasteiger partial charge in [-0.25, -0.2) is 13.8 Å². The van der Waals surface area contributed by atoms with Gasteiger partial charge < -0.3 is 5.32 Å². The number of rotatable bonds is 8. The van der Waals surface area contributed by atoms with E-state index in [0.29, 0.717) is 18.7 Å². The molecule has 32 heavy (non-hydrogen) atoms. The van der Waals surface area contributed by atoms with Crippen LogP contribution in [0.5, 0.6) is 0 Å². The molecule has 12 heteroatoms. The van der Waals surface area contributed by atoms with Gasteiger partial charge in [-0.15, -0.1) is 0 Å². The zero-order valence-corrected chi connectivity index (χ0v) is 17.7. The van der Waals surface area contributed by atoms with E-state index in [9.17, 15) is 28.1 Å². The van der Waals surface area contributed by atoms with E-state index in [1.165, 1.54) is 53.0 Å². The molecule has 0 unspecified atom stereocenters. The summed E-state index contributed by atoms with van der Waals surface area (Å²) in [5.74, 6) is -1.15. The molecule has 1 aliphatic rings. The lowest BCUT2D eigenvalue weighted by Gasteiger charge is -2.15. The van der Waals surface area contributed by atoms with Crippen molar-refractivity contribution < 1.29 is 22.9 Å². The molecule has 0 aromatic heterocycles. The summed E-state index contributed by atoms with van der Waals surface area (Å²) in [5.41, 5.74) is 2.73. The maximum Gasteiger partial charge on any atom is 0.270 e. The van der Waals surface area contributed by atoms with Crippen molar-refractivity contribution in [1.82, 2.24) is 15.0 Å². The number of hydrogen-bond donors (Lipinski definition) is 2. The minimum absolute atomic E-state index is 0.105. The van der Waals surface area contributed by atoms with Gasteiger partial charge in [-0.2, -0.15) is 9.41 Å². The Morgan fingerprint density at radius 1 is 1.12 bits per heavy atom. The monoisotopic (exact) mass is 459 g/mol. The van der Waals surface area contributed by atoms with E-state index < -0.39 is 26.8 Å². The molecule has 2 aromatic rings. The average Bonchev–Trinajstić information content (AvgIpc) is 3.34. The Bertz CT molecular complexity index is 1140. The van der Waals surface area contributed by atoms with E-state index in [1.54, 1.807) is 6.07 Å². The van der Waals surface area contributed by atoms with Crippen LogP contribution in [0, 0.1) is 10.1 Å². The molecule has 168 valence electrons. The van der Waals surface area contributed by atoms with Crippen LogP contribution < -0.4 is 10.7 Å². The minimum atomic E-state index is -3.56. The Morgan fingerprint density at radius 3 is 2.47 bits per heavy atom.